The molecule has 0 aliphatic carbocycles. The Labute approximate surface area is 132 Å². The van der Waals surface area contributed by atoms with Crippen molar-refractivity contribution in [3.05, 3.63) is 16.0 Å². The van der Waals surface area contributed by atoms with E-state index in [1.165, 1.54) is 0 Å². The van der Waals surface area contributed by atoms with Crippen molar-refractivity contribution in [3.8, 4) is 0 Å². The molecule has 0 saturated carbocycles. The van der Waals surface area contributed by atoms with Crippen LogP contribution >= 0.6 is 27.7 Å². The molecule has 1 saturated heterocycles. The molecule has 0 radical (unpaired) electrons. The second-order valence-electron chi connectivity index (χ2n) is 4.49. The van der Waals surface area contributed by atoms with E-state index in [4.69, 9.17) is 9.47 Å². The zero-order valence-corrected chi connectivity index (χ0v) is 14.2. The number of rotatable bonds is 6. The predicted molar refractivity (Wildman–Crippen MR) is 85.2 cm³/mol. The maximum atomic E-state index is 5.77. The summed E-state index contributed by atoms with van der Waals surface area (Å²) in [7, 11) is 1.67. The summed E-state index contributed by atoms with van der Waals surface area (Å²) in [5, 5.41) is 3.33. The summed E-state index contributed by atoms with van der Waals surface area (Å²) in [6, 6.07) is 0. The first-order valence-corrected chi connectivity index (χ1v) is 8.69. The molecule has 2 heterocycles. The molecule has 1 aromatic heterocycles. The summed E-state index contributed by atoms with van der Waals surface area (Å²) in [6.45, 7) is 4.21. The molecule has 1 aliphatic heterocycles. The van der Waals surface area contributed by atoms with Gasteiger partial charge in [0.1, 0.15) is 11.9 Å². The normalized spacial score (nSPS) is 19.1. The van der Waals surface area contributed by atoms with E-state index in [-0.39, 0.29) is 6.10 Å². The SMILES string of the molecule is CCCNc1nc(C2CSCCO2)nc(COC)c1Br. The average Bonchev–Trinajstić information content (AvgIpc) is 2.49. The Bertz CT molecular complexity index is 442. The molecule has 1 aromatic rings. The van der Waals surface area contributed by atoms with Crippen molar-refractivity contribution in [1.29, 1.82) is 0 Å². The number of methoxy groups -OCH3 is 1. The molecule has 0 aromatic carbocycles. The molecule has 5 nitrogen and oxygen atoms in total. The average molecular weight is 362 g/mol. The first-order valence-electron chi connectivity index (χ1n) is 6.74. The van der Waals surface area contributed by atoms with Crippen LogP contribution in [0.3, 0.4) is 0 Å². The highest BCUT2D eigenvalue weighted by Crippen LogP contribution is 2.29. The molecule has 0 amide bonds. The largest absolute Gasteiger partial charge is 0.378 e. The molecular formula is C13H20BrN3O2S. The molecule has 1 fully saturated rings. The molecular weight excluding hydrogens is 342 g/mol. The van der Waals surface area contributed by atoms with Gasteiger partial charge in [-0.2, -0.15) is 11.8 Å². The predicted octanol–water partition coefficient (Wildman–Crippen LogP) is 3.01. The van der Waals surface area contributed by atoms with E-state index in [1.807, 2.05) is 11.8 Å². The zero-order valence-electron chi connectivity index (χ0n) is 11.8. The van der Waals surface area contributed by atoms with Crippen molar-refractivity contribution in [2.24, 2.45) is 0 Å². The standard InChI is InChI=1S/C13H20BrN3O2S/c1-3-4-15-13-11(14)9(7-18-2)16-12(17-13)10-8-20-6-5-19-10/h10H,3-8H2,1-2H3,(H,15,16,17). The summed E-state index contributed by atoms with van der Waals surface area (Å²) in [4.78, 5) is 9.21. The van der Waals surface area contributed by atoms with Gasteiger partial charge < -0.3 is 14.8 Å². The molecule has 1 unspecified atom stereocenters. The molecule has 7 heteroatoms. The van der Waals surface area contributed by atoms with Crippen LogP contribution in [0, 0.1) is 0 Å². The van der Waals surface area contributed by atoms with Gasteiger partial charge in [0.15, 0.2) is 5.82 Å². The number of hydrogen-bond acceptors (Lipinski definition) is 6. The number of halogens is 1. The lowest BCUT2D eigenvalue weighted by molar-refractivity contribution is 0.0689. The lowest BCUT2D eigenvalue weighted by Gasteiger charge is -2.22. The number of thioether (sulfide) groups is 1. The summed E-state index contributed by atoms with van der Waals surface area (Å²) >= 11 is 5.43. The first-order chi connectivity index (χ1) is 9.76. The van der Waals surface area contributed by atoms with Gasteiger partial charge >= 0.3 is 0 Å². The van der Waals surface area contributed by atoms with Gasteiger partial charge in [-0.1, -0.05) is 6.92 Å². The minimum absolute atomic E-state index is 0.0281. The molecule has 1 aliphatic rings. The monoisotopic (exact) mass is 361 g/mol. The van der Waals surface area contributed by atoms with Gasteiger partial charge in [-0.25, -0.2) is 9.97 Å². The Morgan fingerprint density at radius 3 is 3.00 bits per heavy atom. The topological polar surface area (TPSA) is 56.3 Å². The van der Waals surface area contributed by atoms with Gasteiger partial charge in [-0.3, -0.25) is 0 Å². The highest BCUT2D eigenvalue weighted by Gasteiger charge is 2.22. The Morgan fingerprint density at radius 1 is 1.50 bits per heavy atom. The summed E-state index contributed by atoms with van der Waals surface area (Å²) in [6.07, 6.45) is 1.01. The lowest BCUT2D eigenvalue weighted by Crippen LogP contribution is -2.20. The summed E-state index contributed by atoms with van der Waals surface area (Å²) < 4.78 is 11.9. The van der Waals surface area contributed by atoms with E-state index < -0.39 is 0 Å². The highest BCUT2D eigenvalue weighted by molar-refractivity contribution is 9.10. The lowest BCUT2D eigenvalue weighted by atomic mass is 10.3. The molecule has 0 spiro atoms. The van der Waals surface area contributed by atoms with Crippen LogP contribution in [0.2, 0.25) is 0 Å². The van der Waals surface area contributed by atoms with Crippen LogP contribution in [-0.2, 0) is 16.1 Å². The fraction of sp³-hybridized carbons (Fsp3) is 0.692. The minimum Gasteiger partial charge on any atom is -0.378 e. The van der Waals surface area contributed by atoms with Crippen LogP contribution in [0.5, 0.6) is 0 Å². The van der Waals surface area contributed by atoms with Gasteiger partial charge in [0.2, 0.25) is 0 Å². The number of nitrogens with zero attached hydrogens (tertiary/aromatic N) is 2. The van der Waals surface area contributed by atoms with Crippen LogP contribution in [0.15, 0.2) is 4.47 Å². The van der Waals surface area contributed by atoms with E-state index in [1.54, 1.807) is 7.11 Å². The maximum Gasteiger partial charge on any atom is 0.160 e. The van der Waals surface area contributed by atoms with Crippen LogP contribution in [-0.4, -0.2) is 41.7 Å². The van der Waals surface area contributed by atoms with Gasteiger partial charge in [0.05, 0.1) is 23.4 Å². The van der Waals surface area contributed by atoms with Crippen LogP contribution in [0.4, 0.5) is 5.82 Å². The second-order valence-corrected chi connectivity index (χ2v) is 6.43. The Hall–Kier alpha value is -0.370. The third kappa shape index (κ3) is 4.07. The third-order valence-electron chi connectivity index (χ3n) is 2.86. The summed E-state index contributed by atoms with van der Waals surface area (Å²) in [5.74, 6) is 3.51. The highest BCUT2D eigenvalue weighted by atomic mass is 79.9. The first kappa shape index (κ1) is 16.0. The fourth-order valence-corrected chi connectivity index (χ4v) is 3.16. The van der Waals surface area contributed by atoms with Gasteiger partial charge in [0, 0.05) is 25.2 Å². The van der Waals surface area contributed by atoms with Crippen molar-refractivity contribution >= 4 is 33.5 Å². The van der Waals surface area contributed by atoms with E-state index in [2.05, 4.69) is 38.1 Å². The summed E-state index contributed by atoms with van der Waals surface area (Å²) in [5.41, 5.74) is 0.857. The van der Waals surface area contributed by atoms with Crippen molar-refractivity contribution in [2.75, 3.05) is 37.1 Å². The van der Waals surface area contributed by atoms with Gasteiger partial charge in [-0.15, -0.1) is 0 Å². The third-order valence-corrected chi connectivity index (χ3v) is 4.69. The number of aromatic nitrogens is 2. The smallest absolute Gasteiger partial charge is 0.160 e. The minimum atomic E-state index is -0.0281. The molecule has 1 N–H and O–H groups in total. The Balaban J connectivity index is 2.27. The number of hydrogen-bond donors (Lipinski definition) is 1. The molecule has 1 atom stereocenters. The quantitative estimate of drug-likeness (QED) is 0.840. The van der Waals surface area contributed by atoms with Crippen molar-refractivity contribution in [1.82, 2.24) is 9.97 Å². The van der Waals surface area contributed by atoms with E-state index in [0.29, 0.717) is 6.61 Å². The van der Waals surface area contributed by atoms with E-state index in [0.717, 1.165) is 52.9 Å². The molecule has 20 heavy (non-hydrogen) atoms. The van der Waals surface area contributed by atoms with Crippen molar-refractivity contribution in [2.45, 2.75) is 26.1 Å². The van der Waals surface area contributed by atoms with E-state index >= 15 is 0 Å². The van der Waals surface area contributed by atoms with Crippen LogP contribution in [0.25, 0.3) is 0 Å². The van der Waals surface area contributed by atoms with Crippen LogP contribution < -0.4 is 5.32 Å². The molecule has 0 bridgehead atoms. The van der Waals surface area contributed by atoms with E-state index in [9.17, 15) is 0 Å². The van der Waals surface area contributed by atoms with Gasteiger partial charge in [-0.05, 0) is 22.4 Å². The number of anilines is 1. The van der Waals surface area contributed by atoms with Gasteiger partial charge in [0.25, 0.3) is 0 Å². The van der Waals surface area contributed by atoms with Crippen molar-refractivity contribution < 1.29 is 9.47 Å². The number of ether oxygens (including phenoxy) is 2. The van der Waals surface area contributed by atoms with Crippen molar-refractivity contribution in [3.63, 3.8) is 0 Å². The Kier molecular flexibility index (Phi) is 6.54. The fourth-order valence-electron chi connectivity index (χ4n) is 1.89. The molecule has 112 valence electrons. The second kappa shape index (κ2) is 8.17. The maximum absolute atomic E-state index is 5.77. The Morgan fingerprint density at radius 2 is 2.35 bits per heavy atom. The van der Waals surface area contributed by atoms with Crippen LogP contribution in [0.1, 0.15) is 31.0 Å². The zero-order chi connectivity index (χ0) is 14.4. The number of nitrogens with one attached hydrogen (secondary N) is 1. The molecule has 2 rings (SSSR count).